The molecule has 0 spiro atoms. The maximum Gasteiger partial charge on any atom is 0.0753 e. The highest BCUT2D eigenvalue weighted by atomic mass is 14.6. The molecule has 1 aromatic heterocycles. The molecule has 0 saturated heterocycles. The monoisotopic (exact) mass is 222 g/mol. The maximum absolute atomic E-state index is 9.24. The first-order valence-corrected chi connectivity index (χ1v) is 5.64. The minimum atomic E-state index is -0.0852. The molecule has 0 saturated carbocycles. The average molecular weight is 222 g/mol. The van der Waals surface area contributed by atoms with Crippen molar-refractivity contribution in [2.75, 3.05) is 0 Å². The molecular formula is C15H14N2. The van der Waals surface area contributed by atoms with Gasteiger partial charge in [-0.25, -0.2) is 0 Å². The minimum Gasteiger partial charge on any atom is -0.265 e. The first kappa shape index (κ1) is 11.3. The first-order chi connectivity index (χ1) is 8.29. The molecule has 1 atom stereocenters. The zero-order valence-corrected chi connectivity index (χ0v) is 9.80. The summed E-state index contributed by atoms with van der Waals surface area (Å²) in [5.41, 5.74) is 3.44. The normalized spacial score (nSPS) is 11.8. The Labute approximate surface area is 102 Å². The maximum atomic E-state index is 9.24. The molecule has 1 unspecified atom stereocenters. The van der Waals surface area contributed by atoms with Crippen molar-refractivity contribution in [3.63, 3.8) is 0 Å². The lowest BCUT2D eigenvalue weighted by Gasteiger charge is -2.09. The Morgan fingerprint density at radius 1 is 1.12 bits per heavy atom. The van der Waals surface area contributed by atoms with Crippen LogP contribution in [0.25, 0.3) is 0 Å². The van der Waals surface area contributed by atoms with E-state index in [-0.39, 0.29) is 5.92 Å². The Kier molecular flexibility index (Phi) is 3.52. The number of pyridine rings is 1. The number of rotatable bonds is 3. The molecule has 0 N–H and O–H groups in total. The number of hydrogen-bond donors (Lipinski definition) is 0. The Morgan fingerprint density at radius 3 is 2.35 bits per heavy atom. The number of nitrogens with zero attached hydrogens (tertiary/aromatic N) is 2. The van der Waals surface area contributed by atoms with Crippen molar-refractivity contribution >= 4 is 0 Å². The van der Waals surface area contributed by atoms with E-state index in [1.165, 1.54) is 5.56 Å². The highest BCUT2D eigenvalue weighted by Gasteiger charge is 2.10. The molecule has 84 valence electrons. The predicted molar refractivity (Wildman–Crippen MR) is 67.5 cm³/mol. The Balaban J connectivity index is 2.18. The second-order valence-corrected chi connectivity index (χ2v) is 4.15. The summed E-state index contributed by atoms with van der Waals surface area (Å²) in [5.74, 6) is -0.0852. The van der Waals surface area contributed by atoms with Gasteiger partial charge in [0.1, 0.15) is 0 Å². The molecule has 0 amide bonds. The molecule has 0 radical (unpaired) electrons. The van der Waals surface area contributed by atoms with Gasteiger partial charge in [-0.3, -0.25) is 4.98 Å². The molecule has 0 aliphatic rings. The van der Waals surface area contributed by atoms with E-state index in [1.54, 1.807) is 12.4 Å². The molecule has 17 heavy (non-hydrogen) atoms. The summed E-state index contributed by atoms with van der Waals surface area (Å²) in [6.45, 7) is 2.05. The van der Waals surface area contributed by atoms with Gasteiger partial charge in [-0.1, -0.05) is 29.8 Å². The fourth-order valence-electron chi connectivity index (χ4n) is 1.79. The smallest absolute Gasteiger partial charge is 0.0753 e. The lowest BCUT2D eigenvalue weighted by molar-refractivity contribution is 0.846. The largest absolute Gasteiger partial charge is 0.265 e. The molecule has 2 rings (SSSR count). The average Bonchev–Trinajstić information content (AvgIpc) is 2.38. The molecule has 0 bridgehead atoms. The van der Waals surface area contributed by atoms with Crippen molar-refractivity contribution in [3.8, 4) is 6.07 Å². The van der Waals surface area contributed by atoms with E-state index >= 15 is 0 Å². The molecule has 2 aromatic rings. The van der Waals surface area contributed by atoms with Crippen molar-refractivity contribution < 1.29 is 0 Å². The zero-order chi connectivity index (χ0) is 12.1. The summed E-state index contributed by atoms with van der Waals surface area (Å²) < 4.78 is 0. The van der Waals surface area contributed by atoms with Crippen LogP contribution in [-0.4, -0.2) is 4.98 Å². The lowest BCUT2D eigenvalue weighted by atomic mass is 9.93. The van der Waals surface area contributed by atoms with E-state index in [4.69, 9.17) is 0 Å². The van der Waals surface area contributed by atoms with Crippen molar-refractivity contribution in [2.24, 2.45) is 0 Å². The fourth-order valence-corrected chi connectivity index (χ4v) is 1.79. The van der Waals surface area contributed by atoms with Gasteiger partial charge in [0.25, 0.3) is 0 Å². The molecular weight excluding hydrogens is 208 g/mol. The third-order valence-corrected chi connectivity index (χ3v) is 2.82. The Morgan fingerprint density at radius 2 is 1.76 bits per heavy atom. The summed E-state index contributed by atoms with van der Waals surface area (Å²) in [4.78, 5) is 3.98. The van der Waals surface area contributed by atoms with Gasteiger partial charge < -0.3 is 0 Å². The number of nitriles is 1. The van der Waals surface area contributed by atoms with Crippen molar-refractivity contribution in [3.05, 3.63) is 65.5 Å². The van der Waals surface area contributed by atoms with Crippen molar-refractivity contribution in [1.29, 1.82) is 5.26 Å². The van der Waals surface area contributed by atoms with Gasteiger partial charge in [0.2, 0.25) is 0 Å². The van der Waals surface area contributed by atoms with Gasteiger partial charge in [0.15, 0.2) is 0 Å². The summed E-state index contributed by atoms with van der Waals surface area (Å²) in [6.07, 6.45) is 4.26. The third kappa shape index (κ3) is 2.92. The number of hydrogen-bond acceptors (Lipinski definition) is 2. The predicted octanol–water partition coefficient (Wildman–Crippen LogP) is 3.24. The topological polar surface area (TPSA) is 36.7 Å². The summed E-state index contributed by atoms with van der Waals surface area (Å²) in [7, 11) is 0. The van der Waals surface area contributed by atoms with E-state index in [2.05, 4.69) is 11.1 Å². The third-order valence-electron chi connectivity index (χ3n) is 2.82. The van der Waals surface area contributed by atoms with Gasteiger partial charge in [-0.2, -0.15) is 5.26 Å². The first-order valence-electron chi connectivity index (χ1n) is 5.64. The summed E-state index contributed by atoms with van der Waals surface area (Å²) in [5, 5.41) is 9.24. The minimum absolute atomic E-state index is 0.0852. The van der Waals surface area contributed by atoms with Gasteiger partial charge in [0, 0.05) is 12.4 Å². The van der Waals surface area contributed by atoms with Crippen LogP contribution >= 0.6 is 0 Å². The van der Waals surface area contributed by atoms with Crippen LogP contribution in [0.1, 0.15) is 22.6 Å². The quantitative estimate of drug-likeness (QED) is 0.799. The van der Waals surface area contributed by atoms with E-state index in [1.807, 2.05) is 43.3 Å². The number of benzene rings is 1. The highest BCUT2D eigenvalue weighted by molar-refractivity contribution is 5.30. The van der Waals surface area contributed by atoms with Crippen LogP contribution in [0.2, 0.25) is 0 Å². The van der Waals surface area contributed by atoms with Gasteiger partial charge >= 0.3 is 0 Å². The van der Waals surface area contributed by atoms with E-state index in [0.717, 1.165) is 17.5 Å². The molecule has 2 nitrogen and oxygen atoms in total. The summed E-state index contributed by atoms with van der Waals surface area (Å²) in [6, 6.07) is 14.4. The van der Waals surface area contributed by atoms with Crippen LogP contribution in [0.3, 0.4) is 0 Å². The van der Waals surface area contributed by atoms with Crippen LogP contribution in [0, 0.1) is 18.3 Å². The second kappa shape index (κ2) is 5.27. The number of aromatic nitrogens is 1. The van der Waals surface area contributed by atoms with E-state index in [0.29, 0.717) is 0 Å². The summed E-state index contributed by atoms with van der Waals surface area (Å²) >= 11 is 0. The second-order valence-electron chi connectivity index (χ2n) is 4.15. The van der Waals surface area contributed by atoms with Crippen LogP contribution < -0.4 is 0 Å². The van der Waals surface area contributed by atoms with Crippen LogP contribution in [0.15, 0.2) is 48.8 Å². The molecule has 2 heteroatoms. The molecule has 0 fully saturated rings. The van der Waals surface area contributed by atoms with Crippen molar-refractivity contribution in [2.45, 2.75) is 19.3 Å². The van der Waals surface area contributed by atoms with Crippen molar-refractivity contribution in [1.82, 2.24) is 4.98 Å². The van der Waals surface area contributed by atoms with Gasteiger partial charge in [-0.15, -0.1) is 0 Å². The van der Waals surface area contributed by atoms with Crippen LogP contribution in [0.5, 0.6) is 0 Å². The Bertz CT molecular complexity index is 509. The van der Waals surface area contributed by atoms with E-state index in [9.17, 15) is 5.26 Å². The highest BCUT2D eigenvalue weighted by Crippen LogP contribution is 2.20. The SMILES string of the molecule is Cc1ccc(C(C#N)Cc2ccncc2)cc1. The molecule has 1 aromatic carbocycles. The molecule has 0 aliphatic heterocycles. The zero-order valence-electron chi connectivity index (χ0n) is 9.80. The number of aryl methyl sites for hydroxylation is 1. The standard InChI is InChI=1S/C15H14N2/c1-12-2-4-14(5-3-12)15(11-16)10-13-6-8-17-9-7-13/h2-9,15H,10H2,1H3. The van der Waals surface area contributed by atoms with Crippen LogP contribution in [-0.2, 0) is 6.42 Å². The molecule has 1 heterocycles. The lowest BCUT2D eigenvalue weighted by Crippen LogP contribution is -2.00. The van der Waals surface area contributed by atoms with Crippen LogP contribution in [0.4, 0.5) is 0 Å². The molecule has 0 aliphatic carbocycles. The van der Waals surface area contributed by atoms with Gasteiger partial charge in [-0.05, 0) is 36.6 Å². The van der Waals surface area contributed by atoms with E-state index < -0.39 is 0 Å². The fraction of sp³-hybridized carbons (Fsp3) is 0.200. The van der Waals surface area contributed by atoms with Gasteiger partial charge in [0.05, 0.1) is 12.0 Å². The Hall–Kier alpha value is -2.14.